The highest BCUT2D eigenvalue weighted by Crippen LogP contribution is 2.39. The summed E-state index contributed by atoms with van der Waals surface area (Å²) >= 11 is 1.18. The summed E-state index contributed by atoms with van der Waals surface area (Å²) in [6.45, 7) is 0. The number of aromatic nitrogens is 3. The van der Waals surface area contributed by atoms with E-state index in [1.807, 2.05) is 12.1 Å². The van der Waals surface area contributed by atoms with E-state index >= 15 is 0 Å². The van der Waals surface area contributed by atoms with Gasteiger partial charge in [0.05, 0.1) is 23.4 Å². The van der Waals surface area contributed by atoms with Crippen molar-refractivity contribution in [1.29, 1.82) is 0 Å². The van der Waals surface area contributed by atoms with E-state index in [1.165, 1.54) is 29.9 Å². The van der Waals surface area contributed by atoms with E-state index in [0.29, 0.717) is 33.6 Å². The predicted octanol–water partition coefficient (Wildman–Crippen LogP) is 4.37. The summed E-state index contributed by atoms with van der Waals surface area (Å²) in [6, 6.07) is 11.8. The van der Waals surface area contributed by atoms with Crippen LogP contribution in [0.1, 0.15) is 40.2 Å². The molecule has 36 heavy (non-hydrogen) atoms. The number of methoxy groups -OCH3 is 1. The van der Waals surface area contributed by atoms with Crippen molar-refractivity contribution in [2.45, 2.75) is 30.6 Å². The summed E-state index contributed by atoms with van der Waals surface area (Å²) in [7, 11) is -0.166. The van der Waals surface area contributed by atoms with Crippen molar-refractivity contribution >= 4 is 28.3 Å². The van der Waals surface area contributed by atoms with Crippen LogP contribution in [0.2, 0.25) is 0 Å². The second-order valence-corrected chi connectivity index (χ2v) is 10.5. The Bertz CT molecular complexity index is 1460. The number of aromatic carboxylic acids is 1. The number of carbonyl (C=O) groups is 1. The first kappa shape index (κ1) is 24.3. The maximum atomic E-state index is 14.3. The largest absolute Gasteiger partial charge is 0.494 e. The standard InChI is InChI=1S/C25H23FN4O4S2/c1-34-22-12-16(6-9-19(22)26)23-18(10-14-4-7-17(8-5-14)36(27)33)20(11-15-2-3-15)29-30(23)25-28-21(13-35-25)24(31)32/h4-9,12-13,15H,2-3,10-11,27H2,1H3,(H,31,32). The van der Waals surface area contributed by atoms with Gasteiger partial charge in [0.2, 0.25) is 5.13 Å². The number of halogens is 1. The zero-order valence-corrected chi connectivity index (χ0v) is 20.9. The molecule has 4 aromatic rings. The Balaban J connectivity index is 1.69. The quantitative estimate of drug-likeness (QED) is 0.334. The molecular formula is C25H23FN4O4S2. The SMILES string of the molecule is COc1cc(-c2c(Cc3ccc(S(N)=O)cc3)c(CC3CC3)nn2-c2nc(C(=O)O)cs2)ccc1F. The third-order valence-electron chi connectivity index (χ3n) is 6.10. The summed E-state index contributed by atoms with van der Waals surface area (Å²) in [5, 5.41) is 21.7. The Morgan fingerprint density at radius 1 is 1.28 bits per heavy atom. The molecule has 0 spiro atoms. The monoisotopic (exact) mass is 526 g/mol. The lowest BCUT2D eigenvalue weighted by Gasteiger charge is -2.11. The molecule has 1 saturated carbocycles. The molecule has 0 bridgehead atoms. The van der Waals surface area contributed by atoms with Gasteiger partial charge in [-0.05, 0) is 61.1 Å². The van der Waals surface area contributed by atoms with Crippen LogP contribution in [0, 0.1) is 11.7 Å². The van der Waals surface area contributed by atoms with Crippen molar-refractivity contribution in [3.05, 3.63) is 76.2 Å². The number of ether oxygens (including phenoxy) is 1. The van der Waals surface area contributed by atoms with Gasteiger partial charge in [0.1, 0.15) is 11.0 Å². The van der Waals surface area contributed by atoms with Gasteiger partial charge >= 0.3 is 5.97 Å². The lowest BCUT2D eigenvalue weighted by atomic mass is 9.97. The molecule has 5 rings (SSSR count). The van der Waals surface area contributed by atoms with Crippen molar-refractivity contribution in [3.63, 3.8) is 0 Å². The Kier molecular flexibility index (Phi) is 6.69. The summed E-state index contributed by atoms with van der Waals surface area (Å²) in [5.41, 5.74) is 4.08. The fourth-order valence-corrected chi connectivity index (χ4v) is 5.25. The summed E-state index contributed by atoms with van der Waals surface area (Å²) < 4.78 is 32.8. The van der Waals surface area contributed by atoms with E-state index in [4.69, 9.17) is 15.0 Å². The van der Waals surface area contributed by atoms with Crippen molar-refractivity contribution in [3.8, 4) is 22.1 Å². The number of benzene rings is 2. The van der Waals surface area contributed by atoms with E-state index in [2.05, 4.69) is 4.98 Å². The molecule has 0 amide bonds. The molecule has 0 aliphatic heterocycles. The number of hydrogen-bond donors (Lipinski definition) is 2. The van der Waals surface area contributed by atoms with E-state index in [1.54, 1.807) is 28.9 Å². The van der Waals surface area contributed by atoms with E-state index in [0.717, 1.165) is 36.1 Å². The Morgan fingerprint density at radius 2 is 2.03 bits per heavy atom. The second-order valence-electron chi connectivity index (χ2n) is 8.62. The second kappa shape index (κ2) is 9.92. The molecule has 2 heterocycles. The molecule has 1 aliphatic carbocycles. The predicted molar refractivity (Wildman–Crippen MR) is 134 cm³/mol. The topological polar surface area (TPSA) is 120 Å². The number of carboxylic acids is 1. The van der Waals surface area contributed by atoms with Gasteiger partial charge in [-0.1, -0.05) is 12.1 Å². The maximum absolute atomic E-state index is 14.3. The molecule has 1 aliphatic rings. The fourth-order valence-electron chi connectivity index (χ4n) is 4.09. The first-order chi connectivity index (χ1) is 17.3. The molecule has 11 heteroatoms. The van der Waals surface area contributed by atoms with Gasteiger partial charge in [0, 0.05) is 22.9 Å². The summed E-state index contributed by atoms with van der Waals surface area (Å²) in [4.78, 5) is 16.3. The van der Waals surface area contributed by atoms with Crippen LogP contribution in [-0.4, -0.2) is 37.2 Å². The number of nitrogens with zero attached hydrogens (tertiary/aromatic N) is 3. The van der Waals surface area contributed by atoms with E-state index in [-0.39, 0.29) is 11.4 Å². The number of nitrogens with two attached hydrogens (primary N) is 1. The van der Waals surface area contributed by atoms with Gasteiger partial charge in [0.25, 0.3) is 0 Å². The smallest absolute Gasteiger partial charge is 0.355 e. The lowest BCUT2D eigenvalue weighted by molar-refractivity contribution is 0.0691. The van der Waals surface area contributed by atoms with Crippen LogP contribution in [0.5, 0.6) is 5.75 Å². The van der Waals surface area contributed by atoms with Crippen LogP contribution in [0.25, 0.3) is 16.4 Å². The van der Waals surface area contributed by atoms with Crippen LogP contribution >= 0.6 is 11.3 Å². The van der Waals surface area contributed by atoms with Crippen molar-refractivity contribution in [2.24, 2.45) is 11.1 Å². The molecule has 3 N–H and O–H groups in total. The first-order valence-electron chi connectivity index (χ1n) is 11.2. The number of rotatable bonds is 9. The molecule has 0 saturated heterocycles. The molecule has 0 radical (unpaired) electrons. The van der Waals surface area contributed by atoms with Gasteiger partial charge in [-0.25, -0.2) is 28.2 Å². The molecule has 1 unspecified atom stereocenters. The normalized spacial score (nSPS) is 14.1. The van der Waals surface area contributed by atoms with Crippen molar-refractivity contribution < 1.29 is 23.2 Å². The highest BCUT2D eigenvalue weighted by Gasteiger charge is 2.29. The van der Waals surface area contributed by atoms with Crippen LogP contribution < -0.4 is 9.88 Å². The molecule has 186 valence electrons. The third-order valence-corrected chi connectivity index (χ3v) is 7.65. The molecule has 1 fully saturated rings. The average Bonchev–Trinajstić information content (AvgIpc) is 3.41. The van der Waals surface area contributed by atoms with Gasteiger partial charge in [-0.3, -0.25) is 0 Å². The minimum atomic E-state index is -1.57. The zero-order valence-electron chi connectivity index (χ0n) is 19.3. The maximum Gasteiger partial charge on any atom is 0.355 e. The van der Waals surface area contributed by atoms with Crippen LogP contribution in [0.15, 0.2) is 52.7 Å². The van der Waals surface area contributed by atoms with Crippen molar-refractivity contribution in [1.82, 2.24) is 14.8 Å². The van der Waals surface area contributed by atoms with Gasteiger partial charge < -0.3 is 9.84 Å². The highest BCUT2D eigenvalue weighted by molar-refractivity contribution is 7.82. The third kappa shape index (κ3) is 4.95. The highest BCUT2D eigenvalue weighted by atomic mass is 32.2. The minimum Gasteiger partial charge on any atom is -0.494 e. The lowest BCUT2D eigenvalue weighted by Crippen LogP contribution is -2.03. The fraction of sp³-hybridized carbons (Fsp3) is 0.240. The zero-order chi connectivity index (χ0) is 25.4. The van der Waals surface area contributed by atoms with E-state index in [9.17, 15) is 18.5 Å². The number of thiazole rings is 1. The van der Waals surface area contributed by atoms with Crippen molar-refractivity contribution in [2.75, 3.05) is 7.11 Å². The molecule has 8 nitrogen and oxygen atoms in total. The summed E-state index contributed by atoms with van der Waals surface area (Å²) in [6.07, 6.45) is 3.54. The molecule has 1 atom stereocenters. The van der Waals surface area contributed by atoms with Crippen LogP contribution in [0.4, 0.5) is 4.39 Å². The number of carboxylic acid groups (broad SMARTS) is 1. The van der Waals surface area contributed by atoms with Gasteiger partial charge in [-0.15, -0.1) is 11.3 Å². The summed E-state index contributed by atoms with van der Waals surface area (Å²) in [5.74, 6) is -0.976. The molecule has 2 aromatic carbocycles. The first-order valence-corrected chi connectivity index (χ1v) is 13.3. The van der Waals surface area contributed by atoms with E-state index < -0.39 is 22.8 Å². The average molecular weight is 527 g/mol. The minimum absolute atomic E-state index is 0.0659. The van der Waals surface area contributed by atoms with Gasteiger partial charge in [0.15, 0.2) is 17.3 Å². The van der Waals surface area contributed by atoms with Crippen LogP contribution in [0.3, 0.4) is 0 Å². The molecule has 2 aromatic heterocycles. The Labute approximate surface area is 213 Å². The van der Waals surface area contributed by atoms with Gasteiger partial charge in [-0.2, -0.15) is 5.10 Å². The number of hydrogen-bond acceptors (Lipinski definition) is 6. The van der Waals surface area contributed by atoms with Crippen LogP contribution in [-0.2, 0) is 23.8 Å². The Morgan fingerprint density at radius 3 is 2.64 bits per heavy atom. The Hall–Kier alpha value is -3.41. The molecular weight excluding hydrogens is 503 g/mol.